The average molecular weight is 388 g/mol. The number of phenols is 1. The van der Waals surface area contributed by atoms with E-state index in [1.54, 1.807) is 37.4 Å². The molecular formula is C19H16N8O2. The van der Waals surface area contributed by atoms with E-state index in [-0.39, 0.29) is 28.6 Å². The number of hydrogen-bond donors (Lipinski definition) is 3. The quantitative estimate of drug-likeness (QED) is 0.478. The Morgan fingerprint density at radius 1 is 1.28 bits per heavy atom. The molecule has 144 valence electrons. The van der Waals surface area contributed by atoms with Crippen molar-refractivity contribution >= 4 is 17.3 Å². The predicted octanol–water partition coefficient (Wildman–Crippen LogP) is 1.61. The third kappa shape index (κ3) is 3.10. The molecule has 3 heterocycles. The largest absolute Gasteiger partial charge is 0.508 e. The molecule has 29 heavy (non-hydrogen) atoms. The van der Waals surface area contributed by atoms with Crippen LogP contribution in [0.25, 0.3) is 11.3 Å². The molecule has 0 amide bonds. The lowest BCUT2D eigenvalue weighted by Gasteiger charge is -2.20. The summed E-state index contributed by atoms with van der Waals surface area (Å²) < 4.78 is 2.80. The van der Waals surface area contributed by atoms with Gasteiger partial charge in [0, 0.05) is 12.3 Å². The van der Waals surface area contributed by atoms with Crippen LogP contribution in [-0.4, -0.2) is 29.0 Å². The SMILES string of the molecule is CC(Nc1ncnc(N)c1C#N)c1nc2cccn2c(=O)n1-c1cccc(O)c1. The van der Waals surface area contributed by atoms with Crippen molar-refractivity contribution in [2.24, 2.45) is 0 Å². The molecule has 0 saturated heterocycles. The highest BCUT2D eigenvalue weighted by molar-refractivity contribution is 5.62. The van der Waals surface area contributed by atoms with Gasteiger partial charge in [0.15, 0.2) is 0 Å². The maximum absolute atomic E-state index is 13.1. The summed E-state index contributed by atoms with van der Waals surface area (Å²) in [6.45, 7) is 1.78. The van der Waals surface area contributed by atoms with Crippen molar-refractivity contribution in [3.05, 3.63) is 70.8 Å². The minimum atomic E-state index is -0.536. The Balaban J connectivity index is 1.89. The fraction of sp³-hybridized carbons (Fsp3) is 0.105. The van der Waals surface area contributed by atoms with Gasteiger partial charge in [-0.3, -0.25) is 4.40 Å². The lowest BCUT2D eigenvalue weighted by atomic mass is 10.2. The second kappa shape index (κ2) is 6.97. The van der Waals surface area contributed by atoms with Gasteiger partial charge in [-0.25, -0.2) is 24.3 Å². The number of hydrogen-bond acceptors (Lipinski definition) is 8. The van der Waals surface area contributed by atoms with Gasteiger partial charge >= 0.3 is 5.69 Å². The van der Waals surface area contributed by atoms with E-state index in [0.717, 1.165) is 0 Å². The molecule has 10 heteroatoms. The molecule has 0 spiro atoms. The Hall–Kier alpha value is -4.39. The number of nitrogen functional groups attached to an aromatic ring is 1. The second-order valence-electron chi connectivity index (χ2n) is 6.30. The molecule has 0 aliphatic heterocycles. The second-order valence-corrected chi connectivity index (χ2v) is 6.30. The molecule has 1 atom stereocenters. The first-order chi connectivity index (χ1) is 14.0. The Morgan fingerprint density at radius 2 is 2.10 bits per heavy atom. The van der Waals surface area contributed by atoms with Gasteiger partial charge in [0.2, 0.25) is 0 Å². The molecule has 0 aliphatic carbocycles. The minimum Gasteiger partial charge on any atom is -0.508 e. The number of nitrogens with two attached hydrogens (primary N) is 1. The molecule has 0 bridgehead atoms. The summed E-state index contributed by atoms with van der Waals surface area (Å²) in [5.41, 5.74) is 6.43. The Bertz CT molecular complexity index is 1320. The fourth-order valence-electron chi connectivity index (χ4n) is 3.05. The predicted molar refractivity (Wildman–Crippen MR) is 106 cm³/mol. The zero-order chi connectivity index (χ0) is 20.5. The summed E-state index contributed by atoms with van der Waals surface area (Å²) in [7, 11) is 0. The van der Waals surface area contributed by atoms with Crippen LogP contribution in [0.5, 0.6) is 5.75 Å². The maximum Gasteiger partial charge on any atom is 0.339 e. The van der Waals surface area contributed by atoms with Crippen LogP contribution in [0.3, 0.4) is 0 Å². The van der Waals surface area contributed by atoms with Crippen LogP contribution in [0.2, 0.25) is 0 Å². The van der Waals surface area contributed by atoms with Crippen molar-refractivity contribution in [1.82, 2.24) is 23.9 Å². The average Bonchev–Trinajstić information content (AvgIpc) is 3.17. The molecule has 4 rings (SSSR count). The van der Waals surface area contributed by atoms with Crippen LogP contribution in [0.4, 0.5) is 11.6 Å². The first kappa shape index (κ1) is 18.0. The molecule has 1 aromatic carbocycles. The van der Waals surface area contributed by atoms with Crippen LogP contribution in [0.1, 0.15) is 24.4 Å². The molecule has 0 aliphatic rings. The Kier molecular flexibility index (Phi) is 4.33. The van der Waals surface area contributed by atoms with Crippen molar-refractivity contribution < 1.29 is 5.11 Å². The number of nitriles is 1. The number of benzene rings is 1. The van der Waals surface area contributed by atoms with Crippen LogP contribution >= 0.6 is 0 Å². The number of nitrogens with zero attached hydrogens (tertiary/aromatic N) is 6. The number of aromatic nitrogens is 5. The molecule has 1 unspecified atom stereocenters. The molecule has 4 aromatic rings. The summed E-state index contributed by atoms with van der Waals surface area (Å²) >= 11 is 0. The van der Waals surface area contributed by atoms with Crippen molar-refractivity contribution in [2.45, 2.75) is 13.0 Å². The Labute approximate surface area is 164 Å². The van der Waals surface area contributed by atoms with Crippen LogP contribution in [-0.2, 0) is 0 Å². The minimum absolute atomic E-state index is 0.0175. The van der Waals surface area contributed by atoms with Crippen LogP contribution in [0, 0.1) is 11.3 Å². The van der Waals surface area contributed by atoms with Crippen LogP contribution in [0.15, 0.2) is 53.7 Å². The number of fused-ring (bicyclic) bond motifs is 1. The zero-order valence-corrected chi connectivity index (χ0v) is 15.3. The summed E-state index contributed by atoms with van der Waals surface area (Å²) in [6.07, 6.45) is 2.86. The van der Waals surface area contributed by atoms with Gasteiger partial charge < -0.3 is 16.2 Å². The first-order valence-electron chi connectivity index (χ1n) is 8.66. The van der Waals surface area contributed by atoms with Gasteiger partial charge in [0.1, 0.15) is 46.8 Å². The van der Waals surface area contributed by atoms with E-state index in [1.165, 1.54) is 27.4 Å². The van der Waals surface area contributed by atoms with Crippen molar-refractivity contribution in [3.63, 3.8) is 0 Å². The lowest BCUT2D eigenvalue weighted by Crippen LogP contribution is -2.31. The number of rotatable bonds is 4. The fourth-order valence-corrected chi connectivity index (χ4v) is 3.05. The van der Waals surface area contributed by atoms with Gasteiger partial charge in [-0.15, -0.1) is 0 Å². The number of anilines is 2. The van der Waals surface area contributed by atoms with Crippen LogP contribution < -0.4 is 16.7 Å². The van der Waals surface area contributed by atoms with E-state index < -0.39 is 6.04 Å². The standard InChI is InChI=1S/C19H16N8O2/c1-11(24-17-14(9-20)16(21)22-10-23-17)18-25-15-6-3-7-26(15)19(29)27(18)12-4-2-5-13(28)8-12/h2-8,10-11,28H,1H3,(H3,21,22,23,24). The topological polar surface area (TPSA) is 147 Å². The highest BCUT2D eigenvalue weighted by atomic mass is 16.3. The lowest BCUT2D eigenvalue weighted by molar-refractivity contribution is 0.474. The molecular weight excluding hydrogens is 372 g/mol. The van der Waals surface area contributed by atoms with E-state index in [2.05, 4.69) is 20.3 Å². The van der Waals surface area contributed by atoms with E-state index in [9.17, 15) is 15.2 Å². The Morgan fingerprint density at radius 3 is 2.86 bits per heavy atom. The molecule has 0 fully saturated rings. The van der Waals surface area contributed by atoms with Gasteiger partial charge in [-0.1, -0.05) is 6.07 Å². The van der Waals surface area contributed by atoms with E-state index in [1.807, 2.05) is 6.07 Å². The normalized spacial score (nSPS) is 11.9. The van der Waals surface area contributed by atoms with E-state index >= 15 is 0 Å². The van der Waals surface area contributed by atoms with Gasteiger partial charge in [0.25, 0.3) is 0 Å². The van der Waals surface area contributed by atoms with Crippen molar-refractivity contribution in [2.75, 3.05) is 11.1 Å². The molecule has 0 saturated carbocycles. The first-order valence-corrected chi connectivity index (χ1v) is 8.66. The highest BCUT2D eigenvalue weighted by Gasteiger charge is 2.20. The van der Waals surface area contributed by atoms with Crippen molar-refractivity contribution in [1.29, 1.82) is 5.26 Å². The summed E-state index contributed by atoms with van der Waals surface area (Å²) in [5.74, 6) is 0.675. The number of nitrogens with one attached hydrogen (secondary N) is 1. The smallest absolute Gasteiger partial charge is 0.339 e. The number of aromatic hydroxyl groups is 1. The van der Waals surface area contributed by atoms with Gasteiger partial charge in [0.05, 0.1) is 11.7 Å². The highest BCUT2D eigenvalue weighted by Crippen LogP contribution is 2.24. The molecule has 4 N–H and O–H groups in total. The summed E-state index contributed by atoms with van der Waals surface area (Å²) in [4.78, 5) is 25.6. The third-order valence-electron chi connectivity index (χ3n) is 4.40. The number of phenolic OH excluding ortho intramolecular Hbond substituents is 1. The van der Waals surface area contributed by atoms with Crippen molar-refractivity contribution in [3.8, 4) is 17.5 Å². The van der Waals surface area contributed by atoms with E-state index in [4.69, 9.17) is 5.73 Å². The molecule has 3 aromatic heterocycles. The van der Waals surface area contributed by atoms with Gasteiger partial charge in [-0.2, -0.15) is 5.26 Å². The summed E-state index contributed by atoms with van der Waals surface area (Å²) in [5, 5.41) is 22.3. The van der Waals surface area contributed by atoms with Gasteiger partial charge in [-0.05, 0) is 31.2 Å². The summed E-state index contributed by atoms with van der Waals surface area (Å²) in [6, 6.07) is 11.2. The third-order valence-corrected chi connectivity index (χ3v) is 4.40. The maximum atomic E-state index is 13.1. The zero-order valence-electron chi connectivity index (χ0n) is 15.3. The molecule has 0 radical (unpaired) electrons. The van der Waals surface area contributed by atoms with E-state index in [0.29, 0.717) is 17.2 Å². The monoisotopic (exact) mass is 388 g/mol. The molecule has 10 nitrogen and oxygen atoms in total.